The van der Waals surface area contributed by atoms with Crippen molar-refractivity contribution in [3.63, 3.8) is 0 Å². The van der Waals surface area contributed by atoms with Gasteiger partial charge in [0.15, 0.2) is 6.61 Å². The minimum absolute atomic E-state index is 0.00532. The van der Waals surface area contributed by atoms with Crippen LogP contribution in [0.3, 0.4) is 0 Å². The molecule has 0 unspecified atom stereocenters. The third-order valence-electron chi connectivity index (χ3n) is 4.94. The molecule has 0 aromatic carbocycles. The number of Topliss-reactive ketones (excluding diaryl/α,β-unsaturated/α-hetero) is 1. The zero-order valence-corrected chi connectivity index (χ0v) is 13.8. The Bertz CT molecular complexity index is 642. The highest BCUT2D eigenvalue weighted by Gasteiger charge is 2.68. The fraction of sp³-hybridized carbons (Fsp3) is 0.533. The molecule has 0 amide bonds. The summed E-state index contributed by atoms with van der Waals surface area (Å²) in [5.74, 6) is -1.70. The standard InChI is InChI=1S/C15H13BrO5S/c16-12-6-4-7-11(15(19)21-13(7)12)10(6)14(18)20-5-8(17)9-2-1-3-22-9/h1-3,6-7,10-13H,4-5H2/t6-,7+,10+,11-,12+,13-/m0/s1. The first-order valence-corrected chi connectivity index (χ1v) is 8.95. The van der Waals surface area contributed by atoms with E-state index in [2.05, 4.69) is 15.9 Å². The molecule has 6 atom stereocenters. The summed E-state index contributed by atoms with van der Waals surface area (Å²) in [5, 5.41) is 1.80. The van der Waals surface area contributed by atoms with Gasteiger partial charge in [0.25, 0.3) is 0 Å². The van der Waals surface area contributed by atoms with Crippen LogP contribution in [0, 0.1) is 23.7 Å². The molecule has 116 valence electrons. The molecule has 0 N–H and O–H groups in total. The molecule has 0 spiro atoms. The van der Waals surface area contributed by atoms with Crippen LogP contribution in [-0.2, 0) is 19.1 Å². The average molecular weight is 385 g/mol. The average Bonchev–Trinajstić information content (AvgIpc) is 3.22. The van der Waals surface area contributed by atoms with Crippen molar-refractivity contribution >= 4 is 45.0 Å². The van der Waals surface area contributed by atoms with E-state index in [-0.39, 0.29) is 41.1 Å². The summed E-state index contributed by atoms with van der Waals surface area (Å²) in [6, 6.07) is 3.48. The number of hydrogen-bond acceptors (Lipinski definition) is 6. The first-order valence-electron chi connectivity index (χ1n) is 7.16. The van der Waals surface area contributed by atoms with E-state index < -0.39 is 17.8 Å². The van der Waals surface area contributed by atoms with Crippen LogP contribution in [0.25, 0.3) is 0 Å². The smallest absolute Gasteiger partial charge is 0.310 e. The third-order valence-corrected chi connectivity index (χ3v) is 7.05. The van der Waals surface area contributed by atoms with Crippen LogP contribution in [0.15, 0.2) is 17.5 Å². The molecule has 2 heterocycles. The number of alkyl halides is 1. The van der Waals surface area contributed by atoms with Crippen LogP contribution in [0.4, 0.5) is 0 Å². The van der Waals surface area contributed by atoms with Crippen LogP contribution in [0.2, 0.25) is 0 Å². The van der Waals surface area contributed by atoms with Gasteiger partial charge in [0.2, 0.25) is 5.78 Å². The van der Waals surface area contributed by atoms with Crippen LogP contribution in [-0.4, -0.2) is 35.3 Å². The van der Waals surface area contributed by atoms with Crippen molar-refractivity contribution in [3.8, 4) is 0 Å². The van der Waals surface area contributed by atoms with Gasteiger partial charge in [0.1, 0.15) is 6.10 Å². The van der Waals surface area contributed by atoms with Gasteiger partial charge in [-0.3, -0.25) is 14.4 Å². The molecule has 3 aliphatic rings. The van der Waals surface area contributed by atoms with Gasteiger partial charge in [-0.25, -0.2) is 0 Å². The molecule has 2 bridgehead atoms. The predicted molar refractivity (Wildman–Crippen MR) is 80.8 cm³/mol. The molecule has 4 rings (SSSR count). The predicted octanol–water partition coefficient (Wildman–Crippen LogP) is 2.04. The molecule has 0 radical (unpaired) electrons. The Morgan fingerprint density at radius 2 is 2.23 bits per heavy atom. The minimum Gasteiger partial charge on any atom is -0.461 e. The van der Waals surface area contributed by atoms with E-state index in [1.807, 2.05) is 0 Å². The van der Waals surface area contributed by atoms with Crippen molar-refractivity contribution in [2.45, 2.75) is 17.4 Å². The monoisotopic (exact) mass is 384 g/mol. The van der Waals surface area contributed by atoms with E-state index in [9.17, 15) is 14.4 Å². The number of hydrogen-bond donors (Lipinski definition) is 0. The maximum atomic E-state index is 12.4. The molecule has 3 fully saturated rings. The van der Waals surface area contributed by atoms with Crippen molar-refractivity contribution in [2.24, 2.45) is 23.7 Å². The summed E-state index contributed by atoms with van der Waals surface area (Å²) < 4.78 is 10.6. The van der Waals surface area contributed by atoms with Gasteiger partial charge in [-0.05, 0) is 23.8 Å². The first kappa shape index (κ1) is 14.4. The first-order chi connectivity index (χ1) is 10.6. The fourth-order valence-corrected chi connectivity index (χ4v) is 5.73. The van der Waals surface area contributed by atoms with E-state index in [4.69, 9.17) is 9.47 Å². The molecule has 7 heteroatoms. The Hall–Kier alpha value is -1.21. The number of carbonyl (C=O) groups is 3. The summed E-state index contributed by atoms with van der Waals surface area (Å²) in [6.45, 7) is -0.272. The molecule has 1 aromatic heterocycles. The number of thiophene rings is 1. The van der Waals surface area contributed by atoms with E-state index in [0.717, 1.165) is 6.42 Å². The molecule has 1 aliphatic heterocycles. The Morgan fingerprint density at radius 3 is 2.95 bits per heavy atom. The van der Waals surface area contributed by atoms with Crippen molar-refractivity contribution in [1.82, 2.24) is 0 Å². The van der Waals surface area contributed by atoms with Gasteiger partial charge in [0.05, 0.1) is 21.5 Å². The third kappa shape index (κ3) is 1.98. The summed E-state index contributed by atoms with van der Waals surface area (Å²) in [7, 11) is 0. The lowest BCUT2D eigenvalue weighted by atomic mass is 9.80. The topological polar surface area (TPSA) is 69.7 Å². The number of esters is 2. The molecule has 22 heavy (non-hydrogen) atoms. The van der Waals surface area contributed by atoms with Gasteiger partial charge in [-0.15, -0.1) is 11.3 Å². The molecule has 1 saturated heterocycles. The highest BCUT2D eigenvalue weighted by atomic mass is 79.9. The van der Waals surface area contributed by atoms with Gasteiger partial charge in [-0.1, -0.05) is 22.0 Å². The Morgan fingerprint density at radius 1 is 1.41 bits per heavy atom. The van der Waals surface area contributed by atoms with E-state index in [1.54, 1.807) is 17.5 Å². The number of ether oxygens (including phenoxy) is 2. The van der Waals surface area contributed by atoms with Gasteiger partial charge < -0.3 is 9.47 Å². The fourth-order valence-electron chi connectivity index (χ4n) is 4.04. The second-order valence-electron chi connectivity index (χ2n) is 5.97. The number of halogens is 1. The summed E-state index contributed by atoms with van der Waals surface area (Å²) in [5.41, 5.74) is 0. The van der Waals surface area contributed by atoms with Crippen LogP contribution in [0.5, 0.6) is 0 Å². The molecule has 1 aromatic rings. The number of rotatable bonds is 4. The van der Waals surface area contributed by atoms with Crippen molar-refractivity contribution in [3.05, 3.63) is 22.4 Å². The quantitative estimate of drug-likeness (QED) is 0.451. The van der Waals surface area contributed by atoms with Crippen molar-refractivity contribution in [1.29, 1.82) is 0 Å². The van der Waals surface area contributed by atoms with E-state index in [0.29, 0.717) is 4.88 Å². The summed E-state index contributed by atoms with van der Waals surface area (Å²) >= 11 is 4.86. The zero-order chi connectivity index (χ0) is 15.4. The molecule has 5 nitrogen and oxygen atoms in total. The largest absolute Gasteiger partial charge is 0.461 e. The minimum atomic E-state index is -0.489. The molecular weight excluding hydrogens is 372 g/mol. The number of ketones is 1. The lowest BCUT2D eigenvalue weighted by Crippen LogP contribution is -2.39. The van der Waals surface area contributed by atoms with Crippen molar-refractivity contribution in [2.75, 3.05) is 6.61 Å². The zero-order valence-electron chi connectivity index (χ0n) is 11.4. The van der Waals surface area contributed by atoms with Crippen LogP contribution >= 0.6 is 27.3 Å². The van der Waals surface area contributed by atoms with Gasteiger partial charge >= 0.3 is 11.9 Å². The SMILES string of the molecule is O=C(COC(=O)[C@@H]1[C@@H]2C[C@H]3[C@H](OC(=O)[C@@H]31)[C@@H]2Br)c1cccs1. The summed E-state index contributed by atoms with van der Waals surface area (Å²) in [6.07, 6.45) is 0.689. The number of fused-ring (bicyclic) bond motifs is 1. The van der Waals surface area contributed by atoms with Gasteiger partial charge in [-0.2, -0.15) is 0 Å². The van der Waals surface area contributed by atoms with Gasteiger partial charge in [0, 0.05) is 5.92 Å². The Balaban J connectivity index is 1.45. The summed E-state index contributed by atoms with van der Waals surface area (Å²) in [4.78, 5) is 36.8. The highest BCUT2D eigenvalue weighted by molar-refractivity contribution is 9.09. The molecular formula is C15H13BrO5S. The van der Waals surface area contributed by atoms with E-state index in [1.165, 1.54) is 11.3 Å². The van der Waals surface area contributed by atoms with E-state index >= 15 is 0 Å². The lowest BCUT2D eigenvalue weighted by Gasteiger charge is -2.26. The molecule has 2 saturated carbocycles. The maximum Gasteiger partial charge on any atom is 0.310 e. The molecule has 2 aliphatic carbocycles. The maximum absolute atomic E-state index is 12.4. The van der Waals surface area contributed by atoms with Crippen LogP contribution < -0.4 is 0 Å². The lowest BCUT2D eigenvalue weighted by molar-refractivity contribution is -0.154. The Kier molecular flexibility index (Phi) is 3.38. The second kappa shape index (κ2) is 5.16. The second-order valence-corrected chi connectivity index (χ2v) is 7.97. The number of carbonyl (C=O) groups excluding carboxylic acids is 3. The highest BCUT2D eigenvalue weighted by Crippen LogP contribution is 2.60. The van der Waals surface area contributed by atoms with Crippen molar-refractivity contribution < 1.29 is 23.9 Å². The Labute approximate surface area is 139 Å². The van der Waals surface area contributed by atoms with Crippen LogP contribution in [0.1, 0.15) is 16.1 Å². The normalized spacial score (nSPS) is 38.1.